The Bertz CT molecular complexity index is 332. The number of rotatable bonds is 5. The van der Waals surface area contributed by atoms with Crippen molar-refractivity contribution in [1.29, 1.82) is 0 Å². The van der Waals surface area contributed by atoms with Crippen LogP contribution in [0.4, 0.5) is 0 Å². The third-order valence-corrected chi connectivity index (χ3v) is 2.89. The Morgan fingerprint density at radius 2 is 2.56 bits per heavy atom. The molecule has 2 heterocycles. The fourth-order valence-corrected chi connectivity index (χ4v) is 1.89. The van der Waals surface area contributed by atoms with Gasteiger partial charge in [0.05, 0.1) is 12.8 Å². The van der Waals surface area contributed by atoms with Crippen molar-refractivity contribution in [2.45, 2.75) is 18.4 Å². The zero-order valence-electron chi connectivity index (χ0n) is 9.65. The quantitative estimate of drug-likeness (QED) is 0.676. The SMILES string of the molecule is Cn1cc(CCNCC2(O)CCOC2)cn1. The molecule has 0 amide bonds. The second-order valence-corrected chi connectivity index (χ2v) is 4.48. The Hall–Kier alpha value is -0.910. The molecule has 0 saturated carbocycles. The Kier molecular flexibility index (Phi) is 3.58. The third kappa shape index (κ3) is 3.04. The van der Waals surface area contributed by atoms with Gasteiger partial charge in [-0.05, 0) is 18.5 Å². The van der Waals surface area contributed by atoms with Gasteiger partial charge >= 0.3 is 0 Å². The molecule has 1 aromatic rings. The maximum Gasteiger partial charge on any atom is 0.102 e. The monoisotopic (exact) mass is 225 g/mol. The van der Waals surface area contributed by atoms with Crippen molar-refractivity contribution in [3.8, 4) is 0 Å². The van der Waals surface area contributed by atoms with Gasteiger partial charge in [0.2, 0.25) is 0 Å². The van der Waals surface area contributed by atoms with Crippen molar-refractivity contribution in [2.24, 2.45) is 7.05 Å². The highest BCUT2D eigenvalue weighted by Crippen LogP contribution is 2.16. The number of nitrogens with one attached hydrogen (secondary N) is 1. The molecule has 5 nitrogen and oxygen atoms in total. The standard InChI is InChI=1S/C11H19N3O2/c1-14-7-10(6-13-14)2-4-12-8-11(15)3-5-16-9-11/h6-7,12,15H,2-5,8-9H2,1H3. The first kappa shape index (κ1) is 11.6. The highest BCUT2D eigenvalue weighted by molar-refractivity contribution is 5.03. The molecule has 0 bridgehead atoms. The van der Waals surface area contributed by atoms with Gasteiger partial charge < -0.3 is 15.2 Å². The lowest BCUT2D eigenvalue weighted by Crippen LogP contribution is -2.41. The molecule has 0 aromatic carbocycles. The molecule has 1 unspecified atom stereocenters. The van der Waals surface area contributed by atoms with Crippen LogP contribution >= 0.6 is 0 Å². The lowest BCUT2D eigenvalue weighted by atomic mass is 10.0. The van der Waals surface area contributed by atoms with Crippen LogP contribution in [0.15, 0.2) is 12.4 Å². The first-order chi connectivity index (χ1) is 7.68. The summed E-state index contributed by atoms with van der Waals surface area (Å²) in [6, 6.07) is 0. The normalized spacial score (nSPS) is 25.1. The first-order valence-electron chi connectivity index (χ1n) is 5.66. The lowest BCUT2D eigenvalue weighted by molar-refractivity contribution is 0.0273. The Morgan fingerprint density at radius 1 is 1.69 bits per heavy atom. The largest absolute Gasteiger partial charge is 0.386 e. The van der Waals surface area contributed by atoms with Gasteiger partial charge in [-0.25, -0.2) is 0 Å². The molecule has 16 heavy (non-hydrogen) atoms. The molecule has 2 rings (SSSR count). The average molecular weight is 225 g/mol. The van der Waals surface area contributed by atoms with Gasteiger partial charge in [-0.15, -0.1) is 0 Å². The maximum atomic E-state index is 9.99. The van der Waals surface area contributed by atoms with Crippen molar-refractivity contribution in [3.63, 3.8) is 0 Å². The zero-order chi connectivity index (χ0) is 11.4. The van der Waals surface area contributed by atoms with Crippen LogP contribution in [-0.2, 0) is 18.2 Å². The number of hydrogen-bond donors (Lipinski definition) is 2. The molecule has 1 aliphatic heterocycles. The van der Waals surface area contributed by atoms with Gasteiger partial charge in [0, 0.05) is 32.8 Å². The minimum atomic E-state index is -0.658. The van der Waals surface area contributed by atoms with E-state index in [2.05, 4.69) is 10.4 Å². The van der Waals surface area contributed by atoms with Crippen LogP contribution in [-0.4, -0.2) is 46.8 Å². The predicted octanol–water partition coefficient (Wildman–Crippen LogP) is -0.296. The topological polar surface area (TPSA) is 59.3 Å². The van der Waals surface area contributed by atoms with Gasteiger partial charge in [-0.2, -0.15) is 5.10 Å². The molecule has 90 valence electrons. The van der Waals surface area contributed by atoms with Crippen molar-refractivity contribution in [3.05, 3.63) is 18.0 Å². The summed E-state index contributed by atoms with van der Waals surface area (Å²) >= 11 is 0. The van der Waals surface area contributed by atoms with Crippen molar-refractivity contribution >= 4 is 0 Å². The molecule has 0 spiro atoms. The van der Waals surface area contributed by atoms with Gasteiger partial charge in [0.15, 0.2) is 0 Å². The molecule has 0 aliphatic carbocycles. The van der Waals surface area contributed by atoms with E-state index < -0.39 is 5.60 Å². The number of aryl methyl sites for hydroxylation is 1. The van der Waals surface area contributed by atoms with Crippen molar-refractivity contribution < 1.29 is 9.84 Å². The van der Waals surface area contributed by atoms with Gasteiger partial charge in [0.25, 0.3) is 0 Å². The van der Waals surface area contributed by atoms with Crippen LogP contribution in [0.1, 0.15) is 12.0 Å². The molecule has 1 saturated heterocycles. The molecular weight excluding hydrogens is 206 g/mol. The Labute approximate surface area is 95.4 Å². The van der Waals surface area contributed by atoms with E-state index in [4.69, 9.17) is 4.74 Å². The minimum Gasteiger partial charge on any atom is -0.386 e. The smallest absolute Gasteiger partial charge is 0.102 e. The molecule has 1 fully saturated rings. The van der Waals surface area contributed by atoms with Crippen LogP contribution in [0.3, 0.4) is 0 Å². The maximum absolute atomic E-state index is 9.99. The summed E-state index contributed by atoms with van der Waals surface area (Å²) in [6.45, 7) is 2.58. The molecular formula is C11H19N3O2. The second-order valence-electron chi connectivity index (χ2n) is 4.48. The predicted molar refractivity (Wildman–Crippen MR) is 60.2 cm³/mol. The van der Waals surface area contributed by atoms with E-state index in [1.165, 1.54) is 5.56 Å². The number of aliphatic hydroxyl groups is 1. The minimum absolute atomic E-state index is 0.451. The highest BCUT2D eigenvalue weighted by Gasteiger charge is 2.31. The third-order valence-electron chi connectivity index (χ3n) is 2.89. The molecule has 1 atom stereocenters. The Morgan fingerprint density at radius 3 is 3.19 bits per heavy atom. The summed E-state index contributed by atoms with van der Waals surface area (Å²) in [5.74, 6) is 0. The van der Waals surface area contributed by atoms with E-state index in [9.17, 15) is 5.11 Å². The number of aromatic nitrogens is 2. The average Bonchev–Trinajstić information content (AvgIpc) is 2.84. The first-order valence-corrected chi connectivity index (χ1v) is 5.66. The summed E-state index contributed by atoms with van der Waals surface area (Å²) < 4.78 is 6.97. The molecule has 5 heteroatoms. The fraction of sp³-hybridized carbons (Fsp3) is 0.727. The fourth-order valence-electron chi connectivity index (χ4n) is 1.89. The summed E-state index contributed by atoms with van der Waals surface area (Å²) in [5.41, 5.74) is 0.555. The van der Waals surface area contributed by atoms with E-state index >= 15 is 0 Å². The van der Waals surface area contributed by atoms with E-state index in [1.807, 2.05) is 19.4 Å². The van der Waals surface area contributed by atoms with Gasteiger partial charge in [0.1, 0.15) is 5.60 Å². The second kappa shape index (κ2) is 4.95. The summed E-state index contributed by atoms with van der Waals surface area (Å²) in [4.78, 5) is 0. The molecule has 1 aliphatic rings. The van der Waals surface area contributed by atoms with E-state index in [1.54, 1.807) is 4.68 Å². The van der Waals surface area contributed by atoms with Crippen LogP contribution < -0.4 is 5.32 Å². The van der Waals surface area contributed by atoms with Crippen molar-refractivity contribution in [1.82, 2.24) is 15.1 Å². The van der Waals surface area contributed by atoms with Crippen LogP contribution in [0.5, 0.6) is 0 Å². The lowest BCUT2D eigenvalue weighted by Gasteiger charge is -2.20. The summed E-state index contributed by atoms with van der Waals surface area (Å²) in [5, 5.41) is 17.4. The van der Waals surface area contributed by atoms with E-state index in [0.717, 1.165) is 19.4 Å². The van der Waals surface area contributed by atoms with E-state index in [-0.39, 0.29) is 0 Å². The van der Waals surface area contributed by atoms with Crippen LogP contribution in [0.2, 0.25) is 0 Å². The molecule has 1 aromatic heterocycles. The van der Waals surface area contributed by atoms with E-state index in [0.29, 0.717) is 19.8 Å². The van der Waals surface area contributed by atoms with Gasteiger partial charge in [-0.1, -0.05) is 0 Å². The number of ether oxygens (including phenoxy) is 1. The number of nitrogens with zero attached hydrogens (tertiary/aromatic N) is 2. The molecule has 2 N–H and O–H groups in total. The zero-order valence-corrected chi connectivity index (χ0v) is 9.65. The summed E-state index contributed by atoms with van der Waals surface area (Å²) in [7, 11) is 1.91. The van der Waals surface area contributed by atoms with Gasteiger partial charge in [-0.3, -0.25) is 4.68 Å². The Balaban J connectivity index is 1.65. The summed E-state index contributed by atoms with van der Waals surface area (Å²) in [6.07, 6.45) is 5.54. The highest BCUT2D eigenvalue weighted by atomic mass is 16.5. The van der Waals surface area contributed by atoms with Crippen LogP contribution in [0.25, 0.3) is 0 Å². The number of hydrogen-bond acceptors (Lipinski definition) is 4. The van der Waals surface area contributed by atoms with Crippen LogP contribution in [0, 0.1) is 0 Å². The van der Waals surface area contributed by atoms with Crippen molar-refractivity contribution in [2.75, 3.05) is 26.3 Å². The molecule has 0 radical (unpaired) electrons.